The molecule has 1 aromatic rings. The molecule has 0 heterocycles. The van der Waals surface area contributed by atoms with Crippen molar-refractivity contribution in [1.82, 2.24) is 0 Å². The molecule has 4 nitrogen and oxygen atoms in total. The molecule has 2 N–H and O–H groups in total. The standard InChI is InChI=1S/C12H14F3NO3S/c13-12(14,15)20(18,19)10-4-2-9(3-5-10)16-8-11(17)6-1-7-11/h2-5,16-17H,1,6-8H2. The van der Waals surface area contributed by atoms with E-state index >= 15 is 0 Å². The fourth-order valence-corrected chi connectivity index (χ4v) is 2.68. The van der Waals surface area contributed by atoms with E-state index in [1.807, 2.05) is 0 Å². The number of rotatable bonds is 4. The van der Waals surface area contributed by atoms with Gasteiger partial charge in [0.05, 0.1) is 10.5 Å². The number of anilines is 1. The first kappa shape index (κ1) is 15.1. The van der Waals surface area contributed by atoms with Crippen LogP contribution in [0.4, 0.5) is 18.9 Å². The molecule has 1 aliphatic rings. The Bertz CT molecular complexity index is 577. The lowest BCUT2D eigenvalue weighted by Crippen LogP contribution is -2.43. The molecule has 0 radical (unpaired) electrons. The highest BCUT2D eigenvalue weighted by molar-refractivity contribution is 7.92. The maximum atomic E-state index is 12.3. The van der Waals surface area contributed by atoms with Crippen molar-refractivity contribution in [2.24, 2.45) is 0 Å². The van der Waals surface area contributed by atoms with Crippen molar-refractivity contribution in [1.29, 1.82) is 0 Å². The van der Waals surface area contributed by atoms with Gasteiger partial charge in [0.2, 0.25) is 0 Å². The SMILES string of the molecule is O=S(=O)(c1ccc(NCC2(O)CCC2)cc1)C(F)(F)F. The molecule has 0 saturated heterocycles. The first-order chi connectivity index (χ1) is 9.14. The zero-order valence-corrected chi connectivity index (χ0v) is 11.3. The van der Waals surface area contributed by atoms with E-state index in [-0.39, 0.29) is 0 Å². The number of nitrogens with one attached hydrogen (secondary N) is 1. The van der Waals surface area contributed by atoms with Crippen LogP contribution >= 0.6 is 0 Å². The fourth-order valence-electron chi connectivity index (χ4n) is 1.91. The summed E-state index contributed by atoms with van der Waals surface area (Å²) >= 11 is 0. The molecule has 0 amide bonds. The van der Waals surface area contributed by atoms with Gasteiger partial charge in [-0.2, -0.15) is 13.2 Å². The summed E-state index contributed by atoms with van der Waals surface area (Å²) in [6.07, 6.45) is 2.31. The van der Waals surface area contributed by atoms with Gasteiger partial charge in [-0.15, -0.1) is 0 Å². The first-order valence-corrected chi connectivity index (χ1v) is 7.50. The van der Waals surface area contributed by atoms with Crippen molar-refractivity contribution in [3.8, 4) is 0 Å². The highest BCUT2D eigenvalue weighted by Gasteiger charge is 2.46. The van der Waals surface area contributed by atoms with Gasteiger partial charge >= 0.3 is 5.51 Å². The normalized spacial score (nSPS) is 18.4. The third-order valence-electron chi connectivity index (χ3n) is 3.38. The molecule has 8 heteroatoms. The van der Waals surface area contributed by atoms with Gasteiger partial charge in [-0.05, 0) is 43.5 Å². The van der Waals surface area contributed by atoms with Crippen LogP contribution in [0.5, 0.6) is 0 Å². The van der Waals surface area contributed by atoms with Gasteiger partial charge in [-0.3, -0.25) is 0 Å². The Morgan fingerprint density at radius 1 is 1.20 bits per heavy atom. The summed E-state index contributed by atoms with van der Waals surface area (Å²) in [6, 6.07) is 4.30. The van der Waals surface area contributed by atoms with Crippen LogP contribution in [0.1, 0.15) is 19.3 Å². The number of alkyl halides is 3. The largest absolute Gasteiger partial charge is 0.501 e. The Labute approximate surface area is 114 Å². The molecular formula is C12H14F3NO3S. The Kier molecular flexibility index (Phi) is 3.72. The smallest absolute Gasteiger partial charge is 0.388 e. The number of halogens is 3. The second-order valence-electron chi connectivity index (χ2n) is 4.91. The minimum atomic E-state index is -5.31. The average Bonchev–Trinajstić information content (AvgIpc) is 2.33. The van der Waals surface area contributed by atoms with Crippen LogP contribution in [-0.2, 0) is 9.84 Å². The van der Waals surface area contributed by atoms with Crippen LogP contribution in [0.25, 0.3) is 0 Å². The average molecular weight is 309 g/mol. The monoisotopic (exact) mass is 309 g/mol. The Balaban J connectivity index is 2.07. The molecular weight excluding hydrogens is 295 g/mol. The second kappa shape index (κ2) is 4.92. The third-order valence-corrected chi connectivity index (χ3v) is 4.88. The summed E-state index contributed by atoms with van der Waals surface area (Å²) in [5.74, 6) is 0. The summed E-state index contributed by atoms with van der Waals surface area (Å²) in [7, 11) is -5.31. The van der Waals surface area contributed by atoms with Crippen molar-refractivity contribution in [2.45, 2.75) is 35.3 Å². The highest BCUT2D eigenvalue weighted by atomic mass is 32.2. The minimum absolute atomic E-state index is 0.290. The number of benzene rings is 1. The number of sulfone groups is 1. The van der Waals surface area contributed by atoms with E-state index in [0.29, 0.717) is 25.1 Å². The molecule has 2 rings (SSSR count). The van der Waals surface area contributed by atoms with E-state index in [2.05, 4.69) is 5.32 Å². The van der Waals surface area contributed by atoms with Crippen LogP contribution in [-0.4, -0.2) is 31.2 Å². The topological polar surface area (TPSA) is 66.4 Å². The fraction of sp³-hybridized carbons (Fsp3) is 0.500. The van der Waals surface area contributed by atoms with Gasteiger partial charge < -0.3 is 10.4 Å². The molecule has 0 bridgehead atoms. The highest BCUT2D eigenvalue weighted by Crippen LogP contribution is 2.33. The molecule has 1 aliphatic carbocycles. The lowest BCUT2D eigenvalue weighted by molar-refractivity contribution is -0.0436. The van der Waals surface area contributed by atoms with Crippen LogP contribution in [0, 0.1) is 0 Å². The van der Waals surface area contributed by atoms with Crippen molar-refractivity contribution >= 4 is 15.5 Å². The van der Waals surface area contributed by atoms with Crippen LogP contribution in [0.3, 0.4) is 0 Å². The van der Waals surface area contributed by atoms with Gasteiger partial charge in [0.15, 0.2) is 0 Å². The lowest BCUT2D eigenvalue weighted by Gasteiger charge is -2.36. The van der Waals surface area contributed by atoms with Crippen molar-refractivity contribution in [2.75, 3.05) is 11.9 Å². The Morgan fingerprint density at radius 2 is 1.75 bits per heavy atom. The minimum Gasteiger partial charge on any atom is -0.388 e. The zero-order valence-electron chi connectivity index (χ0n) is 10.4. The van der Waals surface area contributed by atoms with Crippen LogP contribution in [0.15, 0.2) is 29.2 Å². The van der Waals surface area contributed by atoms with Gasteiger partial charge in [-0.1, -0.05) is 0 Å². The van der Waals surface area contributed by atoms with Crippen LogP contribution in [0.2, 0.25) is 0 Å². The number of hydrogen-bond acceptors (Lipinski definition) is 4. The second-order valence-corrected chi connectivity index (χ2v) is 6.85. The van der Waals surface area contributed by atoms with E-state index in [9.17, 15) is 26.7 Å². The summed E-state index contributed by atoms with van der Waals surface area (Å²) in [5, 5.41) is 12.7. The molecule has 0 unspecified atom stereocenters. The van der Waals surface area contributed by atoms with Gasteiger partial charge in [0.1, 0.15) is 0 Å². The molecule has 0 spiro atoms. The van der Waals surface area contributed by atoms with Crippen molar-refractivity contribution in [3.05, 3.63) is 24.3 Å². The zero-order chi connectivity index (χ0) is 15.0. The summed E-state index contributed by atoms with van der Waals surface area (Å²) in [4.78, 5) is -0.794. The molecule has 112 valence electrons. The molecule has 20 heavy (non-hydrogen) atoms. The molecule has 0 aromatic heterocycles. The van der Waals surface area contributed by atoms with E-state index in [0.717, 1.165) is 18.6 Å². The molecule has 0 aliphatic heterocycles. The quantitative estimate of drug-likeness (QED) is 0.895. The van der Waals surface area contributed by atoms with E-state index in [1.165, 1.54) is 12.1 Å². The van der Waals surface area contributed by atoms with E-state index in [4.69, 9.17) is 0 Å². The number of hydrogen-bond donors (Lipinski definition) is 2. The van der Waals surface area contributed by atoms with E-state index < -0.39 is 25.8 Å². The lowest BCUT2D eigenvalue weighted by atomic mass is 9.80. The van der Waals surface area contributed by atoms with Gasteiger partial charge in [0.25, 0.3) is 9.84 Å². The maximum absolute atomic E-state index is 12.3. The van der Waals surface area contributed by atoms with E-state index in [1.54, 1.807) is 0 Å². The molecule has 0 atom stereocenters. The van der Waals surface area contributed by atoms with Crippen molar-refractivity contribution in [3.63, 3.8) is 0 Å². The van der Waals surface area contributed by atoms with Crippen molar-refractivity contribution < 1.29 is 26.7 Å². The predicted molar refractivity (Wildman–Crippen MR) is 67.0 cm³/mol. The first-order valence-electron chi connectivity index (χ1n) is 6.02. The summed E-state index contributed by atoms with van der Waals surface area (Å²) < 4.78 is 59.3. The molecule has 1 fully saturated rings. The maximum Gasteiger partial charge on any atom is 0.501 e. The Hall–Kier alpha value is -1.28. The predicted octanol–water partition coefficient (Wildman–Crippen LogP) is 2.31. The Morgan fingerprint density at radius 3 is 2.15 bits per heavy atom. The third kappa shape index (κ3) is 2.90. The summed E-state index contributed by atoms with van der Waals surface area (Å²) in [6.45, 7) is 0.290. The van der Waals surface area contributed by atoms with Crippen LogP contribution < -0.4 is 5.32 Å². The molecule has 1 saturated carbocycles. The summed E-state index contributed by atoms with van der Waals surface area (Å²) in [5.41, 5.74) is -5.61. The van der Waals surface area contributed by atoms with Gasteiger partial charge in [-0.25, -0.2) is 8.42 Å². The molecule has 1 aromatic carbocycles. The van der Waals surface area contributed by atoms with Gasteiger partial charge in [0, 0.05) is 12.2 Å². The number of aliphatic hydroxyl groups is 1.